The molecule has 0 aliphatic carbocycles. The summed E-state index contributed by atoms with van der Waals surface area (Å²) in [6.07, 6.45) is 4.71. The van der Waals surface area contributed by atoms with Gasteiger partial charge in [-0.05, 0) is 18.2 Å². The van der Waals surface area contributed by atoms with Crippen LogP contribution in [0.15, 0.2) is 37.2 Å². The van der Waals surface area contributed by atoms with E-state index in [1.165, 1.54) is 11.0 Å². The molecule has 0 atom stereocenters. The van der Waals surface area contributed by atoms with Gasteiger partial charge in [0.25, 0.3) is 0 Å². The highest BCUT2D eigenvalue weighted by Crippen LogP contribution is 2.26. The normalized spacial score (nSPS) is 15.7. The van der Waals surface area contributed by atoms with Crippen LogP contribution in [0, 0.1) is 0 Å². The number of hydrogen-bond donors (Lipinski definition) is 1. The average molecular weight is 270 g/mol. The molecule has 1 aliphatic heterocycles. The zero-order chi connectivity index (χ0) is 14.1. The van der Waals surface area contributed by atoms with Crippen LogP contribution in [-0.2, 0) is 9.59 Å². The van der Waals surface area contributed by atoms with Gasteiger partial charge >= 0.3 is 0 Å². The monoisotopic (exact) mass is 270 g/mol. The van der Waals surface area contributed by atoms with E-state index in [4.69, 9.17) is 0 Å². The summed E-state index contributed by atoms with van der Waals surface area (Å²) in [5, 5.41) is 0.907. The molecule has 6 nitrogen and oxygen atoms in total. The fraction of sp³-hybridized carbons (Fsp3) is 0.214. The summed E-state index contributed by atoms with van der Waals surface area (Å²) in [6.45, 7) is 4.50. The quantitative estimate of drug-likeness (QED) is 0.825. The molecule has 0 unspecified atom stereocenters. The summed E-state index contributed by atoms with van der Waals surface area (Å²) in [6, 6.07) is 3.75. The van der Waals surface area contributed by atoms with Crippen molar-refractivity contribution >= 4 is 28.5 Å². The number of anilines is 1. The third-order valence-electron chi connectivity index (χ3n) is 3.43. The lowest BCUT2D eigenvalue weighted by Crippen LogP contribution is -2.52. The number of nitrogens with zero attached hydrogens (tertiary/aromatic N) is 3. The molecular formula is C14H14N4O2. The van der Waals surface area contributed by atoms with Crippen LogP contribution in [0.5, 0.6) is 0 Å². The smallest absolute Gasteiger partial charge is 0.246 e. The molecule has 20 heavy (non-hydrogen) atoms. The van der Waals surface area contributed by atoms with Crippen molar-refractivity contribution in [2.24, 2.45) is 0 Å². The van der Waals surface area contributed by atoms with Crippen LogP contribution in [0.4, 0.5) is 5.69 Å². The SMILES string of the molecule is C=CC(=O)N1CCN(c2c[nH]c3ncccc23)C(=O)C1. The zero-order valence-corrected chi connectivity index (χ0v) is 10.9. The summed E-state index contributed by atoms with van der Waals surface area (Å²) < 4.78 is 0. The Balaban J connectivity index is 1.87. The third-order valence-corrected chi connectivity index (χ3v) is 3.43. The summed E-state index contributed by atoms with van der Waals surface area (Å²) in [5.74, 6) is -0.310. The van der Waals surface area contributed by atoms with Crippen LogP contribution >= 0.6 is 0 Å². The predicted molar refractivity (Wildman–Crippen MR) is 75.2 cm³/mol. The molecule has 3 heterocycles. The van der Waals surface area contributed by atoms with Crippen LogP contribution < -0.4 is 4.90 Å². The first-order chi connectivity index (χ1) is 9.70. The number of H-pyrrole nitrogens is 1. The number of piperazine rings is 1. The average Bonchev–Trinajstić information content (AvgIpc) is 2.90. The van der Waals surface area contributed by atoms with E-state index in [1.54, 1.807) is 17.3 Å². The van der Waals surface area contributed by atoms with Gasteiger partial charge in [0.05, 0.1) is 5.69 Å². The Morgan fingerprint density at radius 2 is 2.30 bits per heavy atom. The molecule has 102 valence electrons. The lowest BCUT2D eigenvalue weighted by molar-refractivity contribution is -0.133. The van der Waals surface area contributed by atoms with Gasteiger partial charge < -0.3 is 14.8 Å². The first-order valence-corrected chi connectivity index (χ1v) is 6.34. The molecule has 2 aromatic heterocycles. The van der Waals surface area contributed by atoms with Crippen LogP contribution in [0.2, 0.25) is 0 Å². The molecular weight excluding hydrogens is 256 g/mol. The number of fused-ring (bicyclic) bond motifs is 1. The molecule has 0 radical (unpaired) electrons. The fourth-order valence-electron chi connectivity index (χ4n) is 2.41. The number of amides is 2. The Kier molecular flexibility index (Phi) is 2.98. The number of rotatable bonds is 2. The largest absolute Gasteiger partial charge is 0.344 e. The highest BCUT2D eigenvalue weighted by Gasteiger charge is 2.28. The topological polar surface area (TPSA) is 69.3 Å². The number of nitrogens with one attached hydrogen (secondary N) is 1. The van der Waals surface area contributed by atoms with Gasteiger partial charge in [0.15, 0.2) is 0 Å². The second-order valence-electron chi connectivity index (χ2n) is 4.58. The molecule has 1 N–H and O–H groups in total. The van der Waals surface area contributed by atoms with E-state index in [1.807, 2.05) is 12.1 Å². The summed E-state index contributed by atoms with van der Waals surface area (Å²) in [5.41, 5.74) is 1.56. The van der Waals surface area contributed by atoms with E-state index in [0.717, 1.165) is 16.7 Å². The molecule has 0 spiro atoms. The minimum Gasteiger partial charge on any atom is -0.344 e. The number of hydrogen-bond acceptors (Lipinski definition) is 3. The van der Waals surface area contributed by atoms with E-state index in [-0.39, 0.29) is 18.4 Å². The number of aromatic nitrogens is 2. The second-order valence-corrected chi connectivity index (χ2v) is 4.58. The van der Waals surface area contributed by atoms with Crippen molar-refractivity contribution in [3.63, 3.8) is 0 Å². The summed E-state index contributed by atoms with van der Waals surface area (Å²) in [7, 11) is 0. The molecule has 0 aromatic carbocycles. The van der Waals surface area contributed by atoms with Crippen molar-refractivity contribution in [3.05, 3.63) is 37.2 Å². The Morgan fingerprint density at radius 3 is 3.05 bits per heavy atom. The van der Waals surface area contributed by atoms with Gasteiger partial charge in [-0.25, -0.2) is 4.98 Å². The van der Waals surface area contributed by atoms with E-state index < -0.39 is 0 Å². The van der Waals surface area contributed by atoms with Crippen LogP contribution in [-0.4, -0.2) is 46.3 Å². The molecule has 1 fully saturated rings. The maximum absolute atomic E-state index is 12.2. The van der Waals surface area contributed by atoms with Crippen molar-refractivity contribution in [1.82, 2.24) is 14.9 Å². The minimum atomic E-state index is -0.210. The third kappa shape index (κ3) is 1.95. The zero-order valence-electron chi connectivity index (χ0n) is 10.9. The highest BCUT2D eigenvalue weighted by atomic mass is 16.2. The predicted octanol–water partition coefficient (Wildman–Crippen LogP) is 0.924. The molecule has 3 rings (SSSR count). The fourth-order valence-corrected chi connectivity index (χ4v) is 2.41. The molecule has 6 heteroatoms. The number of carbonyl (C=O) groups excluding carboxylic acids is 2. The molecule has 2 aromatic rings. The van der Waals surface area contributed by atoms with E-state index in [2.05, 4.69) is 16.5 Å². The van der Waals surface area contributed by atoms with Gasteiger partial charge in [-0.1, -0.05) is 6.58 Å². The number of pyridine rings is 1. The Morgan fingerprint density at radius 1 is 1.45 bits per heavy atom. The van der Waals surface area contributed by atoms with Crippen molar-refractivity contribution < 1.29 is 9.59 Å². The molecule has 1 saturated heterocycles. The van der Waals surface area contributed by atoms with Crippen molar-refractivity contribution in [2.45, 2.75) is 0 Å². The first-order valence-electron chi connectivity index (χ1n) is 6.34. The van der Waals surface area contributed by atoms with Crippen LogP contribution in [0.25, 0.3) is 11.0 Å². The van der Waals surface area contributed by atoms with Crippen molar-refractivity contribution in [2.75, 3.05) is 24.5 Å². The standard InChI is InChI=1S/C14H14N4O2/c1-2-12(19)17-6-7-18(13(20)9-17)11-8-16-14-10(11)4-3-5-15-14/h2-5,8H,1,6-7,9H2,(H,15,16). The van der Waals surface area contributed by atoms with E-state index in [9.17, 15) is 9.59 Å². The van der Waals surface area contributed by atoms with Gasteiger partial charge in [0.2, 0.25) is 11.8 Å². The van der Waals surface area contributed by atoms with E-state index >= 15 is 0 Å². The molecule has 0 saturated carbocycles. The van der Waals surface area contributed by atoms with Crippen LogP contribution in [0.1, 0.15) is 0 Å². The van der Waals surface area contributed by atoms with Crippen molar-refractivity contribution in [3.8, 4) is 0 Å². The van der Waals surface area contributed by atoms with Gasteiger partial charge in [0, 0.05) is 30.9 Å². The number of carbonyl (C=O) groups is 2. The van der Waals surface area contributed by atoms with Crippen molar-refractivity contribution in [1.29, 1.82) is 0 Å². The number of aromatic amines is 1. The Labute approximate surface area is 115 Å². The van der Waals surface area contributed by atoms with Crippen LogP contribution in [0.3, 0.4) is 0 Å². The maximum atomic E-state index is 12.2. The molecule has 0 bridgehead atoms. The summed E-state index contributed by atoms with van der Waals surface area (Å²) in [4.78, 5) is 34.2. The lowest BCUT2D eigenvalue weighted by Gasteiger charge is -2.33. The Bertz CT molecular complexity index is 691. The van der Waals surface area contributed by atoms with E-state index in [0.29, 0.717) is 13.1 Å². The van der Waals surface area contributed by atoms with Gasteiger partial charge in [-0.3, -0.25) is 9.59 Å². The van der Waals surface area contributed by atoms with Gasteiger partial charge in [-0.2, -0.15) is 0 Å². The highest BCUT2D eigenvalue weighted by molar-refractivity contribution is 6.05. The minimum absolute atomic E-state index is 0.0811. The lowest BCUT2D eigenvalue weighted by atomic mass is 10.2. The van der Waals surface area contributed by atoms with Gasteiger partial charge in [0.1, 0.15) is 12.2 Å². The molecule has 2 amide bonds. The Hall–Kier alpha value is -2.63. The van der Waals surface area contributed by atoms with Gasteiger partial charge in [-0.15, -0.1) is 0 Å². The first kappa shape index (κ1) is 12.4. The summed E-state index contributed by atoms with van der Waals surface area (Å²) >= 11 is 0. The second kappa shape index (κ2) is 4.80. The molecule has 1 aliphatic rings. The maximum Gasteiger partial charge on any atom is 0.246 e.